The van der Waals surface area contributed by atoms with Gasteiger partial charge in [-0.15, -0.1) is 0 Å². The lowest BCUT2D eigenvalue weighted by atomic mass is 9.72. The minimum Gasteiger partial charge on any atom is -0.375 e. The predicted molar refractivity (Wildman–Crippen MR) is 108 cm³/mol. The van der Waals surface area contributed by atoms with Crippen molar-refractivity contribution in [1.82, 2.24) is 20.4 Å². The van der Waals surface area contributed by atoms with E-state index >= 15 is 0 Å². The number of hydrogen-bond donors (Lipinski definition) is 2. The van der Waals surface area contributed by atoms with Gasteiger partial charge in [0.25, 0.3) is 5.91 Å². The van der Waals surface area contributed by atoms with Gasteiger partial charge in [0, 0.05) is 24.3 Å². The van der Waals surface area contributed by atoms with Crippen LogP contribution in [0.1, 0.15) is 67.2 Å². The van der Waals surface area contributed by atoms with Gasteiger partial charge in [0.15, 0.2) is 0 Å². The fourth-order valence-electron chi connectivity index (χ4n) is 4.83. The summed E-state index contributed by atoms with van der Waals surface area (Å²) in [5, 5.41) is 11.1. The van der Waals surface area contributed by atoms with E-state index in [0.29, 0.717) is 12.2 Å². The highest BCUT2D eigenvalue weighted by molar-refractivity contribution is 5.94. The Labute approximate surface area is 166 Å². The maximum absolute atomic E-state index is 13.0. The quantitative estimate of drug-likeness (QED) is 0.834. The maximum Gasteiger partial charge on any atom is 0.255 e. The number of carbonyl (C=O) groups excluding carboxylic acids is 1. The SMILES string of the molecule is CCO[C@@H]1[C@@H](NC(=O)c2cnn(C(C)C)c2)c2ccccc2C12CCNCC2. The standard InChI is InChI=1S/C22H30N4O2/c1-4-28-20-19(25-21(27)16-13-24-26(14-16)15(2)3)17-7-5-6-8-18(17)22(20)9-11-23-12-10-22/h5-8,13-15,19-20,23H,4,9-12H2,1-3H3,(H,25,27)/t19-,20+/m0/s1. The number of rotatable bonds is 5. The molecule has 2 aromatic rings. The van der Waals surface area contributed by atoms with E-state index in [-0.39, 0.29) is 29.5 Å². The summed E-state index contributed by atoms with van der Waals surface area (Å²) in [5.74, 6) is -0.0950. The first-order valence-corrected chi connectivity index (χ1v) is 10.3. The molecule has 28 heavy (non-hydrogen) atoms. The molecule has 1 spiro atoms. The van der Waals surface area contributed by atoms with Gasteiger partial charge in [-0.1, -0.05) is 24.3 Å². The van der Waals surface area contributed by atoms with E-state index in [1.54, 1.807) is 6.20 Å². The van der Waals surface area contributed by atoms with Crippen LogP contribution in [-0.2, 0) is 10.2 Å². The highest BCUT2D eigenvalue weighted by Crippen LogP contribution is 2.51. The summed E-state index contributed by atoms with van der Waals surface area (Å²) in [4.78, 5) is 13.0. The fourth-order valence-corrected chi connectivity index (χ4v) is 4.83. The van der Waals surface area contributed by atoms with Gasteiger partial charge in [0.2, 0.25) is 0 Å². The molecule has 1 aromatic carbocycles. The molecular formula is C22H30N4O2. The molecule has 1 saturated heterocycles. The number of aromatic nitrogens is 2. The van der Waals surface area contributed by atoms with E-state index < -0.39 is 0 Å². The van der Waals surface area contributed by atoms with Crippen molar-refractivity contribution in [3.63, 3.8) is 0 Å². The molecule has 0 unspecified atom stereocenters. The van der Waals surface area contributed by atoms with Crippen molar-refractivity contribution in [2.75, 3.05) is 19.7 Å². The number of benzene rings is 1. The smallest absolute Gasteiger partial charge is 0.255 e. The summed E-state index contributed by atoms with van der Waals surface area (Å²) in [7, 11) is 0. The van der Waals surface area contributed by atoms with Crippen LogP contribution >= 0.6 is 0 Å². The lowest BCUT2D eigenvalue weighted by Crippen LogP contribution is -2.49. The van der Waals surface area contributed by atoms with Crippen LogP contribution in [0, 0.1) is 0 Å². The number of amides is 1. The summed E-state index contributed by atoms with van der Waals surface area (Å²) >= 11 is 0. The van der Waals surface area contributed by atoms with Crippen molar-refractivity contribution in [3.05, 3.63) is 53.3 Å². The van der Waals surface area contributed by atoms with E-state index in [0.717, 1.165) is 25.9 Å². The van der Waals surface area contributed by atoms with Gasteiger partial charge in [-0.25, -0.2) is 0 Å². The van der Waals surface area contributed by atoms with Crippen LogP contribution in [0.2, 0.25) is 0 Å². The van der Waals surface area contributed by atoms with E-state index in [4.69, 9.17) is 4.74 Å². The molecule has 0 saturated carbocycles. The number of carbonyl (C=O) groups is 1. The van der Waals surface area contributed by atoms with E-state index in [1.807, 2.05) is 31.6 Å². The molecule has 2 atom stereocenters. The maximum atomic E-state index is 13.0. The van der Waals surface area contributed by atoms with Crippen molar-refractivity contribution < 1.29 is 9.53 Å². The summed E-state index contributed by atoms with van der Waals surface area (Å²) in [5.41, 5.74) is 3.07. The second-order valence-corrected chi connectivity index (χ2v) is 8.12. The highest BCUT2D eigenvalue weighted by Gasteiger charge is 2.53. The average Bonchev–Trinajstić information content (AvgIpc) is 3.29. The average molecular weight is 383 g/mol. The Morgan fingerprint density at radius 3 is 2.79 bits per heavy atom. The topological polar surface area (TPSA) is 68.2 Å². The molecule has 1 fully saturated rings. The molecule has 150 valence electrons. The first-order chi connectivity index (χ1) is 13.6. The Morgan fingerprint density at radius 2 is 2.11 bits per heavy atom. The summed E-state index contributed by atoms with van der Waals surface area (Å²) in [6.07, 6.45) is 5.45. The zero-order valence-corrected chi connectivity index (χ0v) is 16.9. The van der Waals surface area contributed by atoms with Gasteiger partial charge in [-0.2, -0.15) is 5.10 Å². The molecule has 1 aliphatic heterocycles. The van der Waals surface area contributed by atoms with Crippen LogP contribution in [-0.4, -0.2) is 41.5 Å². The van der Waals surface area contributed by atoms with Crippen LogP contribution in [0.5, 0.6) is 0 Å². The highest BCUT2D eigenvalue weighted by atomic mass is 16.5. The van der Waals surface area contributed by atoms with Crippen LogP contribution in [0.4, 0.5) is 0 Å². The van der Waals surface area contributed by atoms with E-state index in [1.165, 1.54) is 11.1 Å². The van der Waals surface area contributed by atoms with Crippen molar-refractivity contribution in [1.29, 1.82) is 0 Å². The molecule has 1 aliphatic carbocycles. The molecule has 2 N–H and O–H groups in total. The van der Waals surface area contributed by atoms with Gasteiger partial charge in [0.1, 0.15) is 0 Å². The molecule has 2 aliphatic rings. The normalized spacial score (nSPS) is 23.1. The van der Waals surface area contributed by atoms with Gasteiger partial charge < -0.3 is 15.4 Å². The van der Waals surface area contributed by atoms with Crippen molar-refractivity contribution in [2.24, 2.45) is 0 Å². The predicted octanol–water partition coefficient (Wildman–Crippen LogP) is 2.98. The van der Waals surface area contributed by atoms with Crippen LogP contribution in [0.15, 0.2) is 36.7 Å². The zero-order chi connectivity index (χ0) is 19.7. The number of ether oxygens (including phenoxy) is 1. The summed E-state index contributed by atoms with van der Waals surface area (Å²) in [6, 6.07) is 8.59. The molecule has 6 heteroatoms. The third kappa shape index (κ3) is 3.14. The largest absolute Gasteiger partial charge is 0.375 e. The molecule has 0 radical (unpaired) electrons. The second kappa shape index (κ2) is 7.68. The second-order valence-electron chi connectivity index (χ2n) is 8.12. The molecule has 2 heterocycles. The van der Waals surface area contributed by atoms with E-state index in [2.05, 4.69) is 40.0 Å². The Morgan fingerprint density at radius 1 is 1.36 bits per heavy atom. The summed E-state index contributed by atoms with van der Waals surface area (Å²) < 4.78 is 8.12. The van der Waals surface area contributed by atoms with E-state index in [9.17, 15) is 4.79 Å². The summed E-state index contributed by atoms with van der Waals surface area (Å²) in [6.45, 7) is 8.70. The zero-order valence-electron chi connectivity index (χ0n) is 16.9. The van der Waals surface area contributed by atoms with Crippen molar-refractivity contribution in [3.8, 4) is 0 Å². The molecule has 1 aromatic heterocycles. The monoisotopic (exact) mass is 382 g/mol. The minimum absolute atomic E-state index is 0.0437. The van der Waals surface area contributed by atoms with Crippen LogP contribution in [0.25, 0.3) is 0 Å². The lowest BCUT2D eigenvalue weighted by Gasteiger charge is -2.41. The first-order valence-electron chi connectivity index (χ1n) is 10.3. The third-order valence-electron chi connectivity index (χ3n) is 6.20. The number of nitrogens with zero attached hydrogens (tertiary/aromatic N) is 2. The number of hydrogen-bond acceptors (Lipinski definition) is 4. The Hall–Kier alpha value is -2.18. The first kappa shape index (κ1) is 19.2. The van der Waals surface area contributed by atoms with Gasteiger partial charge in [-0.05, 0) is 57.8 Å². The van der Waals surface area contributed by atoms with Gasteiger partial charge in [0.05, 0.1) is 23.9 Å². The van der Waals surface area contributed by atoms with Crippen LogP contribution < -0.4 is 10.6 Å². The minimum atomic E-state index is -0.149. The number of fused-ring (bicyclic) bond motifs is 2. The van der Waals surface area contributed by atoms with Crippen molar-refractivity contribution >= 4 is 5.91 Å². The van der Waals surface area contributed by atoms with Gasteiger partial charge in [-0.3, -0.25) is 9.48 Å². The fraction of sp³-hybridized carbons (Fsp3) is 0.545. The third-order valence-corrected chi connectivity index (χ3v) is 6.20. The number of nitrogens with one attached hydrogen (secondary N) is 2. The van der Waals surface area contributed by atoms with Crippen LogP contribution in [0.3, 0.4) is 0 Å². The molecule has 4 rings (SSSR count). The molecule has 6 nitrogen and oxygen atoms in total. The van der Waals surface area contributed by atoms with Gasteiger partial charge >= 0.3 is 0 Å². The Balaban J connectivity index is 1.67. The molecular weight excluding hydrogens is 352 g/mol. The Kier molecular flexibility index (Phi) is 5.25. The van der Waals surface area contributed by atoms with Crippen molar-refractivity contribution in [2.45, 2.75) is 57.2 Å². The molecule has 0 bridgehead atoms. The number of piperidine rings is 1. The lowest BCUT2D eigenvalue weighted by molar-refractivity contribution is -0.0207. The molecule has 1 amide bonds. The Bertz CT molecular complexity index is 839.